The third-order valence-electron chi connectivity index (χ3n) is 2.03. The Kier molecular flexibility index (Phi) is 2.42. The molecule has 1 saturated heterocycles. The zero-order chi connectivity index (χ0) is 8.43. The standard InChI is InChI=1S/C7H11F2NO/c1-2-4-3-5(6(8)9)10-7(4)11/h4-6H,2-3H2,1H3,(H,10,11). The topological polar surface area (TPSA) is 29.1 Å². The second-order valence-electron chi connectivity index (χ2n) is 2.79. The van der Waals surface area contributed by atoms with Crippen molar-refractivity contribution in [2.24, 2.45) is 5.92 Å². The number of alkyl halides is 2. The molecule has 0 spiro atoms. The van der Waals surface area contributed by atoms with Crippen LogP contribution in [0.4, 0.5) is 8.78 Å². The first-order chi connectivity index (χ1) is 5.15. The van der Waals surface area contributed by atoms with Gasteiger partial charge in [-0.25, -0.2) is 8.78 Å². The van der Waals surface area contributed by atoms with Gasteiger partial charge in [0.1, 0.15) is 0 Å². The number of rotatable bonds is 2. The number of carbonyl (C=O) groups excluding carboxylic acids is 1. The molecule has 1 fully saturated rings. The molecule has 0 aromatic heterocycles. The van der Waals surface area contributed by atoms with E-state index in [2.05, 4.69) is 5.32 Å². The minimum atomic E-state index is -2.42. The zero-order valence-electron chi connectivity index (χ0n) is 6.31. The van der Waals surface area contributed by atoms with Crippen molar-refractivity contribution in [2.45, 2.75) is 32.2 Å². The normalized spacial score (nSPS) is 31.1. The van der Waals surface area contributed by atoms with Gasteiger partial charge in [-0.3, -0.25) is 4.79 Å². The highest BCUT2D eigenvalue weighted by atomic mass is 19.3. The average Bonchev–Trinajstić information content (AvgIpc) is 2.31. The number of halogens is 2. The third kappa shape index (κ3) is 1.67. The van der Waals surface area contributed by atoms with E-state index in [-0.39, 0.29) is 18.2 Å². The molecule has 11 heavy (non-hydrogen) atoms. The molecular weight excluding hydrogens is 152 g/mol. The van der Waals surface area contributed by atoms with E-state index >= 15 is 0 Å². The first kappa shape index (κ1) is 8.43. The first-order valence-electron chi connectivity index (χ1n) is 3.73. The molecule has 1 aliphatic heterocycles. The van der Waals surface area contributed by atoms with E-state index in [1.807, 2.05) is 6.92 Å². The van der Waals surface area contributed by atoms with E-state index in [1.165, 1.54) is 0 Å². The second kappa shape index (κ2) is 3.15. The number of nitrogens with one attached hydrogen (secondary N) is 1. The fourth-order valence-electron chi connectivity index (χ4n) is 1.29. The maximum Gasteiger partial charge on any atom is 0.258 e. The molecule has 0 saturated carbocycles. The van der Waals surface area contributed by atoms with E-state index in [0.29, 0.717) is 6.42 Å². The lowest BCUT2D eigenvalue weighted by molar-refractivity contribution is -0.122. The van der Waals surface area contributed by atoms with Crippen LogP contribution in [-0.4, -0.2) is 18.4 Å². The van der Waals surface area contributed by atoms with Gasteiger partial charge in [-0.2, -0.15) is 0 Å². The average molecular weight is 163 g/mol. The van der Waals surface area contributed by atoms with E-state index in [4.69, 9.17) is 0 Å². The van der Waals surface area contributed by atoms with Crippen LogP contribution in [-0.2, 0) is 4.79 Å². The molecule has 0 radical (unpaired) electrons. The van der Waals surface area contributed by atoms with Gasteiger partial charge >= 0.3 is 0 Å². The molecule has 2 nitrogen and oxygen atoms in total. The van der Waals surface area contributed by atoms with Crippen LogP contribution >= 0.6 is 0 Å². The van der Waals surface area contributed by atoms with Gasteiger partial charge < -0.3 is 5.32 Å². The maximum absolute atomic E-state index is 12.0. The fourth-order valence-corrected chi connectivity index (χ4v) is 1.29. The molecule has 64 valence electrons. The summed E-state index contributed by atoms with van der Waals surface area (Å²) in [5.41, 5.74) is 0. The van der Waals surface area contributed by atoms with Crippen LogP contribution in [0.3, 0.4) is 0 Å². The van der Waals surface area contributed by atoms with E-state index in [0.717, 1.165) is 0 Å². The predicted molar refractivity (Wildman–Crippen MR) is 36.3 cm³/mol. The first-order valence-corrected chi connectivity index (χ1v) is 3.73. The monoisotopic (exact) mass is 163 g/mol. The maximum atomic E-state index is 12.0. The summed E-state index contributed by atoms with van der Waals surface area (Å²) in [7, 11) is 0. The summed E-state index contributed by atoms with van der Waals surface area (Å²) in [6, 6.07) is -0.910. The molecular formula is C7H11F2NO. The summed E-state index contributed by atoms with van der Waals surface area (Å²) in [4.78, 5) is 10.9. The zero-order valence-corrected chi connectivity index (χ0v) is 6.31. The largest absolute Gasteiger partial charge is 0.347 e. The molecule has 0 aromatic rings. The highest BCUT2D eigenvalue weighted by Gasteiger charge is 2.35. The number of carbonyl (C=O) groups is 1. The van der Waals surface area contributed by atoms with Crippen LogP contribution in [0.25, 0.3) is 0 Å². The Morgan fingerprint density at radius 3 is 2.64 bits per heavy atom. The summed E-state index contributed by atoms with van der Waals surface area (Å²) < 4.78 is 24.0. The Hall–Kier alpha value is -0.670. The Morgan fingerprint density at radius 1 is 1.73 bits per heavy atom. The van der Waals surface area contributed by atoms with Crippen molar-refractivity contribution >= 4 is 5.91 Å². The lowest BCUT2D eigenvalue weighted by atomic mass is 10.0. The molecule has 2 unspecified atom stereocenters. The number of hydrogen-bond acceptors (Lipinski definition) is 1. The molecule has 1 heterocycles. The van der Waals surface area contributed by atoms with Crippen LogP contribution < -0.4 is 5.32 Å². The van der Waals surface area contributed by atoms with Crippen molar-refractivity contribution in [3.8, 4) is 0 Å². The van der Waals surface area contributed by atoms with Crippen LogP contribution in [0.2, 0.25) is 0 Å². The van der Waals surface area contributed by atoms with E-state index in [9.17, 15) is 13.6 Å². The molecule has 0 aliphatic carbocycles. The van der Waals surface area contributed by atoms with Gasteiger partial charge in [0.15, 0.2) is 0 Å². The predicted octanol–water partition coefficient (Wildman–Crippen LogP) is 1.17. The van der Waals surface area contributed by atoms with Crippen LogP contribution in [0.1, 0.15) is 19.8 Å². The molecule has 2 atom stereocenters. The van der Waals surface area contributed by atoms with Gasteiger partial charge in [0, 0.05) is 5.92 Å². The van der Waals surface area contributed by atoms with Gasteiger partial charge in [-0.1, -0.05) is 6.92 Å². The molecule has 1 aliphatic rings. The fraction of sp³-hybridized carbons (Fsp3) is 0.857. The van der Waals surface area contributed by atoms with Gasteiger partial charge in [-0.05, 0) is 12.8 Å². The summed E-state index contributed by atoms with van der Waals surface area (Å²) >= 11 is 0. The third-order valence-corrected chi connectivity index (χ3v) is 2.03. The highest BCUT2D eigenvalue weighted by molar-refractivity contribution is 5.81. The molecule has 1 amide bonds. The number of hydrogen-bond donors (Lipinski definition) is 1. The van der Waals surface area contributed by atoms with Crippen molar-refractivity contribution < 1.29 is 13.6 Å². The highest BCUT2D eigenvalue weighted by Crippen LogP contribution is 2.22. The lowest BCUT2D eigenvalue weighted by Crippen LogP contribution is -2.31. The second-order valence-corrected chi connectivity index (χ2v) is 2.79. The summed E-state index contributed by atoms with van der Waals surface area (Å²) in [5.74, 6) is -0.424. The SMILES string of the molecule is CCC1CC(C(F)F)NC1=O. The van der Waals surface area contributed by atoms with Crippen molar-refractivity contribution in [1.29, 1.82) is 0 Å². The van der Waals surface area contributed by atoms with Gasteiger partial charge in [0.25, 0.3) is 6.43 Å². The number of amides is 1. The van der Waals surface area contributed by atoms with Gasteiger partial charge in [-0.15, -0.1) is 0 Å². The summed E-state index contributed by atoms with van der Waals surface area (Å²) in [6.07, 6.45) is -1.49. The quantitative estimate of drug-likeness (QED) is 0.650. The van der Waals surface area contributed by atoms with E-state index < -0.39 is 12.5 Å². The molecule has 1 N–H and O–H groups in total. The Morgan fingerprint density at radius 2 is 2.36 bits per heavy atom. The summed E-state index contributed by atoms with van der Waals surface area (Å²) in [6.45, 7) is 1.83. The van der Waals surface area contributed by atoms with Crippen molar-refractivity contribution in [3.05, 3.63) is 0 Å². The van der Waals surface area contributed by atoms with Crippen molar-refractivity contribution in [1.82, 2.24) is 5.32 Å². The minimum Gasteiger partial charge on any atom is -0.347 e. The molecule has 0 aromatic carbocycles. The Balaban J connectivity index is 2.49. The molecule has 0 bridgehead atoms. The van der Waals surface area contributed by atoms with Gasteiger partial charge in [0.05, 0.1) is 6.04 Å². The van der Waals surface area contributed by atoms with E-state index in [1.54, 1.807) is 0 Å². The van der Waals surface area contributed by atoms with Crippen LogP contribution in [0.15, 0.2) is 0 Å². The van der Waals surface area contributed by atoms with Crippen molar-refractivity contribution in [2.75, 3.05) is 0 Å². The lowest BCUT2D eigenvalue weighted by Gasteiger charge is -2.06. The minimum absolute atomic E-state index is 0.200. The summed E-state index contributed by atoms with van der Waals surface area (Å²) in [5, 5.41) is 2.27. The van der Waals surface area contributed by atoms with Crippen molar-refractivity contribution in [3.63, 3.8) is 0 Å². The smallest absolute Gasteiger partial charge is 0.258 e. The Bertz CT molecular complexity index is 161. The van der Waals surface area contributed by atoms with Crippen LogP contribution in [0, 0.1) is 5.92 Å². The molecule has 1 rings (SSSR count). The Labute approximate surface area is 64.0 Å². The van der Waals surface area contributed by atoms with Crippen LogP contribution in [0.5, 0.6) is 0 Å². The molecule has 4 heteroatoms. The van der Waals surface area contributed by atoms with Gasteiger partial charge in [0.2, 0.25) is 5.91 Å².